The Labute approximate surface area is 181 Å². The van der Waals surface area contributed by atoms with Gasteiger partial charge in [-0.3, -0.25) is 4.79 Å². The number of hydrogen-bond donors (Lipinski definition) is 0. The Hall–Kier alpha value is -3.50. The Balaban J connectivity index is 1.36. The molecule has 3 aromatic heterocycles. The number of aromatic nitrogens is 5. The summed E-state index contributed by atoms with van der Waals surface area (Å²) in [6.45, 7) is 2.41. The first-order valence-corrected chi connectivity index (χ1v) is 10.1. The molecule has 1 aliphatic carbocycles. The zero-order valence-corrected chi connectivity index (χ0v) is 17.0. The van der Waals surface area contributed by atoms with Crippen molar-refractivity contribution in [3.8, 4) is 11.7 Å². The van der Waals surface area contributed by atoms with Crippen molar-refractivity contribution in [2.24, 2.45) is 5.92 Å². The molecule has 8 nitrogen and oxygen atoms in total. The van der Waals surface area contributed by atoms with E-state index < -0.39 is 11.7 Å². The maximum atomic E-state index is 13.4. The summed E-state index contributed by atoms with van der Waals surface area (Å²) in [7, 11) is 0. The van der Waals surface area contributed by atoms with E-state index >= 15 is 0 Å². The number of amides is 1. The van der Waals surface area contributed by atoms with Crippen LogP contribution in [0.15, 0.2) is 42.9 Å². The predicted molar refractivity (Wildman–Crippen MR) is 105 cm³/mol. The van der Waals surface area contributed by atoms with E-state index in [1.165, 1.54) is 23.3 Å². The third-order valence-corrected chi connectivity index (χ3v) is 5.87. The normalized spacial score (nSPS) is 22.4. The molecule has 2 aliphatic rings. The molecule has 5 rings (SSSR count). The number of likely N-dealkylation sites (tertiary alicyclic amines) is 1. The molecule has 0 radical (unpaired) electrons. The molecule has 0 unspecified atom stereocenters. The Morgan fingerprint density at radius 3 is 2.56 bits per heavy atom. The molecule has 11 heteroatoms. The van der Waals surface area contributed by atoms with Gasteiger partial charge in [0.25, 0.3) is 5.91 Å². The maximum Gasteiger partial charge on any atom is 0.417 e. The third-order valence-electron chi connectivity index (χ3n) is 5.87. The van der Waals surface area contributed by atoms with Crippen LogP contribution in [-0.4, -0.2) is 54.5 Å². The molecule has 3 aromatic rings. The molecule has 0 aromatic carbocycles. The van der Waals surface area contributed by atoms with Crippen molar-refractivity contribution in [2.45, 2.75) is 38.1 Å². The number of halogens is 3. The van der Waals surface area contributed by atoms with Gasteiger partial charge in [0.15, 0.2) is 5.82 Å². The third kappa shape index (κ3) is 3.67. The molecule has 4 heterocycles. The average molecular weight is 444 g/mol. The largest absolute Gasteiger partial charge is 0.472 e. The quantitative estimate of drug-likeness (QED) is 0.615. The van der Waals surface area contributed by atoms with Gasteiger partial charge in [-0.15, -0.1) is 4.80 Å². The van der Waals surface area contributed by atoms with Crippen molar-refractivity contribution < 1.29 is 22.7 Å². The number of alkyl halides is 3. The van der Waals surface area contributed by atoms with Crippen LogP contribution in [0.5, 0.6) is 5.88 Å². The number of rotatable bonds is 4. The van der Waals surface area contributed by atoms with E-state index in [1.807, 2.05) is 6.92 Å². The van der Waals surface area contributed by atoms with Crippen molar-refractivity contribution in [2.75, 3.05) is 6.54 Å². The zero-order chi connectivity index (χ0) is 22.5. The van der Waals surface area contributed by atoms with Crippen LogP contribution in [0.2, 0.25) is 0 Å². The molecule has 1 amide bonds. The number of carbonyl (C=O) groups is 1. The number of nitrogens with zero attached hydrogens (tertiary/aromatic N) is 6. The molecule has 2 fully saturated rings. The molecule has 2 bridgehead atoms. The number of hydrogen-bond acceptors (Lipinski definition) is 6. The number of pyridine rings is 2. The summed E-state index contributed by atoms with van der Waals surface area (Å²) in [5, 5.41) is 8.20. The highest BCUT2D eigenvalue weighted by Gasteiger charge is 2.49. The monoisotopic (exact) mass is 444 g/mol. The molecule has 1 saturated carbocycles. The molecule has 0 spiro atoms. The van der Waals surface area contributed by atoms with Crippen LogP contribution in [0.1, 0.15) is 34.5 Å². The molecule has 166 valence electrons. The van der Waals surface area contributed by atoms with Crippen LogP contribution in [-0.2, 0) is 6.18 Å². The van der Waals surface area contributed by atoms with Crippen LogP contribution in [0.3, 0.4) is 0 Å². The van der Waals surface area contributed by atoms with Gasteiger partial charge < -0.3 is 9.64 Å². The van der Waals surface area contributed by atoms with Crippen molar-refractivity contribution in [3.05, 3.63) is 59.7 Å². The highest BCUT2D eigenvalue weighted by Crippen LogP contribution is 2.40. The summed E-state index contributed by atoms with van der Waals surface area (Å²) >= 11 is 0. The molecule has 1 saturated heterocycles. The second-order valence-corrected chi connectivity index (χ2v) is 8.04. The smallest absolute Gasteiger partial charge is 0.417 e. The summed E-state index contributed by atoms with van der Waals surface area (Å²) < 4.78 is 44.2. The van der Waals surface area contributed by atoms with E-state index in [4.69, 9.17) is 4.74 Å². The van der Waals surface area contributed by atoms with Gasteiger partial charge in [-0.2, -0.15) is 23.4 Å². The number of aryl methyl sites for hydroxylation is 1. The highest BCUT2D eigenvalue weighted by atomic mass is 19.4. The predicted octanol–water partition coefficient (Wildman–Crippen LogP) is 3.07. The van der Waals surface area contributed by atoms with Gasteiger partial charge in [-0.05, 0) is 43.9 Å². The lowest BCUT2D eigenvalue weighted by Gasteiger charge is -2.33. The summed E-state index contributed by atoms with van der Waals surface area (Å²) in [4.78, 5) is 24.7. The van der Waals surface area contributed by atoms with E-state index in [0.29, 0.717) is 17.9 Å². The Kier molecular flexibility index (Phi) is 4.83. The van der Waals surface area contributed by atoms with E-state index in [2.05, 4.69) is 20.2 Å². The van der Waals surface area contributed by atoms with E-state index in [-0.39, 0.29) is 29.9 Å². The Morgan fingerprint density at radius 2 is 1.91 bits per heavy atom. The lowest BCUT2D eigenvalue weighted by atomic mass is 10.1. The summed E-state index contributed by atoms with van der Waals surface area (Å²) in [5.41, 5.74) is 0.276. The minimum atomic E-state index is -4.45. The molecule has 32 heavy (non-hydrogen) atoms. The summed E-state index contributed by atoms with van der Waals surface area (Å²) in [5.74, 6) is 0.519. The molecular weight excluding hydrogens is 425 g/mol. The maximum absolute atomic E-state index is 13.4. The topological polar surface area (TPSA) is 86.0 Å². The number of carbonyl (C=O) groups excluding carboxylic acids is 1. The van der Waals surface area contributed by atoms with Crippen molar-refractivity contribution in [3.63, 3.8) is 0 Å². The zero-order valence-electron chi connectivity index (χ0n) is 17.0. The fourth-order valence-electron chi connectivity index (χ4n) is 4.44. The van der Waals surface area contributed by atoms with Crippen LogP contribution in [0.25, 0.3) is 5.82 Å². The van der Waals surface area contributed by atoms with E-state index in [9.17, 15) is 18.0 Å². The van der Waals surface area contributed by atoms with Gasteiger partial charge in [-0.25, -0.2) is 9.97 Å². The van der Waals surface area contributed by atoms with Crippen molar-refractivity contribution >= 4 is 5.91 Å². The second-order valence-electron chi connectivity index (χ2n) is 8.04. The Bertz CT molecular complexity index is 1130. The van der Waals surface area contributed by atoms with Gasteiger partial charge in [0.1, 0.15) is 6.10 Å². The number of ether oxygens (including phenoxy) is 1. The fraction of sp³-hybridized carbons (Fsp3) is 0.381. The first-order chi connectivity index (χ1) is 15.3. The van der Waals surface area contributed by atoms with Crippen molar-refractivity contribution in [1.29, 1.82) is 0 Å². The lowest BCUT2D eigenvalue weighted by Crippen LogP contribution is -2.47. The van der Waals surface area contributed by atoms with Gasteiger partial charge in [-0.1, -0.05) is 0 Å². The summed E-state index contributed by atoms with van der Waals surface area (Å²) in [6.07, 6.45) is 0.472. The highest BCUT2D eigenvalue weighted by molar-refractivity contribution is 5.97. The number of fused-ring (bicyclic) bond motifs is 2. The molecular formula is C21H19F3N6O2. The molecule has 3 atom stereocenters. The standard InChI is InChI=1S/C21H19F3N6O2/c1-12-2-4-15(19(28-12)30-26-6-7-27-30)20(31)29-11-13-8-16(29)17(9-13)32-18-5-3-14(10-25-18)21(22,23)24/h2-7,10,13,16-17H,8-9,11H2,1H3/t13-,16+,17-/m1/s1. The van der Waals surface area contributed by atoms with Gasteiger partial charge in [0.2, 0.25) is 5.88 Å². The summed E-state index contributed by atoms with van der Waals surface area (Å²) in [6, 6.07) is 5.43. The fourth-order valence-corrected chi connectivity index (χ4v) is 4.44. The van der Waals surface area contributed by atoms with Crippen LogP contribution in [0, 0.1) is 12.8 Å². The van der Waals surface area contributed by atoms with Crippen LogP contribution in [0.4, 0.5) is 13.2 Å². The molecule has 1 aliphatic heterocycles. The van der Waals surface area contributed by atoms with Gasteiger partial charge >= 0.3 is 6.18 Å². The van der Waals surface area contributed by atoms with Gasteiger partial charge in [0, 0.05) is 24.5 Å². The van der Waals surface area contributed by atoms with E-state index in [1.54, 1.807) is 17.0 Å². The van der Waals surface area contributed by atoms with Crippen LogP contribution >= 0.6 is 0 Å². The van der Waals surface area contributed by atoms with Crippen LogP contribution < -0.4 is 4.74 Å². The first kappa shape index (κ1) is 20.4. The number of piperidine rings is 1. The average Bonchev–Trinajstić information content (AvgIpc) is 3.50. The minimum Gasteiger partial charge on any atom is -0.472 e. The Morgan fingerprint density at radius 1 is 1.12 bits per heavy atom. The van der Waals surface area contributed by atoms with Gasteiger partial charge in [0.05, 0.1) is 29.6 Å². The molecule has 0 N–H and O–H groups in total. The van der Waals surface area contributed by atoms with Crippen molar-refractivity contribution in [1.82, 2.24) is 29.9 Å². The SMILES string of the molecule is Cc1ccc(C(=O)N2C[C@H]3C[C@@H](Oc4ccc(C(F)(F)F)cn4)[C@@H]2C3)c(-n2nccn2)n1. The second kappa shape index (κ2) is 7.57. The lowest BCUT2D eigenvalue weighted by molar-refractivity contribution is -0.137. The van der Waals surface area contributed by atoms with E-state index in [0.717, 1.165) is 30.8 Å². The minimum absolute atomic E-state index is 0.112. The first-order valence-electron chi connectivity index (χ1n) is 10.1.